The lowest BCUT2D eigenvalue weighted by Gasteiger charge is -2.37. The minimum atomic E-state index is -0.831. The van der Waals surface area contributed by atoms with Crippen molar-refractivity contribution in [2.24, 2.45) is 11.3 Å². The summed E-state index contributed by atoms with van der Waals surface area (Å²) in [6.07, 6.45) is 2.26. The first-order valence-electron chi connectivity index (χ1n) is 7.95. The standard InChI is InChI=1S/C16H28N2O4/c1-11-12(14(20)21)7-6-10-18(11)13(19)8-5-9-17-15(22)16(2,3)4/h11-12H,5-10H2,1-4H3,(H,17,22)(H,20,21)/t11-,12-/m1/s1. The van der Waals surface area contributed by atoms with E-state index in [4.69, 9.17) is 0 Å². The van der Waals surface area contributed by atoms with Crippen molar-refractivity contribution in [3.63, 3.8) is 0 Å². The van der Waals surface area contributed by atoms with E-state index in [9.17, 15) is 19.5 Å². The van der Waals surface area contributed by atoms with Crippen molar-refractivity contribution in [1.29, 1.82) is 0 Å². The van der Waals surface area contributed by atoms with Gasteiger partial charge in [-0.2, -0.15) is 0 Å². The Morgan fingerprint density at radius 3 is 2.45 bits per heavy atom. The maximum absolute atomic E-state index is 12.2. The molecular formula is C16H28N2O4. The second-order valence-electron chi connectivity index (χ2n) is 7.02. The lowest BCUT2D eigenvalue weighted by atomic mass is 9.90. The number of hydrogen-bond donors (Lipinski definition) is 2. The summed E-state index contributed by atoms with van der Waals surface area (Å²) in [4.78, 5) is 36.8. The van der Waals surface area contributed by atoms with Crippen LogP contribution in [0.3, 0.4) is 0 Å². The molecule has 2 N–H and O–H groups in total. The SMILES string of the molecule is C[C@@H]1[C@H](C(=O)O)CCCN1C(=O)CCCNC(=O)C(C)(C)C. The molecule has 0 aromatic carbocycles. The van der Waals surface area contributed by atoms with Crippen molar-refractivity contribution in [2.45, 2.75) is 59.4 Å². The molecule has 1 aliphatic rings. The van der Waals surface area contributed by atoms with E-state index in [0.29, 0.717) is 32.4 Å². The third-order valence-electron chi connectivity index (χ3n) is 4.16. The Kier molecular flexibility index (Phi) is 6.38. The summed E-state index contributed by atoms with van der Waals surface area (Å²) in [5, 5.41) is 12.0. The molecule has 1 rings (SSSR count). The molecule has 0 saturated carbocycles. The fraction of sp³-hybridized carbons (Fsp3) is 0.812. The van der Waals surface area contributed by atoms with Crippen LogP contribution in [0.15, 0.2) is 0 Å². The highest BCUT2D eigenvalue weighted by Crippen LogP contribution is 2.24. The Morgan fingerprint density at radius 2 is 1.91 bits per heavy atom. The molecule has 0 bridgehead atoms. The average molecular weight is 312 g/mol. The molecule has 0 spiro atoms. The van der Waals surface area contributed by atoms with Crippen LogP contribution in [0.1, 0.15) is 53.4 Å². The van der Waals surface area contributed by atoms with Crippen LogP contribution < -0.4 is 5.32 Å². The number of carboxylic acids is 1. The molecule has 2 amide bonds. The quantitative estimate of drug-likeness (QED) is 0.756. The highest BCUT2D eigenvalue weighted by molar-refractivity contribution is 5.81. The highest BCUT2D eigenvalue weighted by atomic mass is 16.4. The smallest absolute Gasteiger partial charge is 0.308 e. The van der Waals surface area contributed by atoms with Gasteiger partial charge in [0.05, 0.1) is 5.92 Å². The fourth-order valence-electron chi connectivity index (χ4n) is 2.68. The first kappa shape index (κ1) is 18.5. The molecule has 6 heteroatoms. The number of rotatable bonds is 5. The molecule has 1 aliphatic heterocycles. The van der Waals surface area contributed by atoms with Gasteiger partial charge in [0.2, 0.25) is 11.8 Å². The minimum absolute atomic E-state index is 0.0246. The van der Waals surface area contributed by atoms with Gasteiger partial charge in [0.1, 0.15) is 0 Å². The van der Waals surface area contributed by atoms with Gasteiger partial charge in [-0.25, -0.2) is 0 Å². The van der Waals surface area contributed by atoms with Crippen LogP contribution in [0.5, 0.6) is 0 Å². The monoisotopic (exact) mass is 312 g/mol. The van der Waals surface area contributed by atoms with Crippen molar-refractivity contribution in [2.75, 3.05) is 13.1 Å². The first-order chi connectivity index (χ1) is 10.1. The van der Waals surface area contributed by atoms with Crippen molar-refractivity contribution in [3.8, 4) is 0 Å². The van der Waals surface area contributed by atoms with Gasteiger partial charge in [-0.15, -0.1) is 0 Å². The molecule has 0 aromatic rings. The molecular weight excluding hydrogens is 284 g/mol. The van der Waals surface area contributed by atoms with E-state index in [-0.39, 0.29) is 17.9 Å². The summed E-state index contributed by atoms with van der Waals surface area (Å²) < 4.78 is 0. The lowest BCUT2D eigenvalue weighted by Crippen LogP contribution is -2.49. The Bertz CT molecular complexity index is 428. The number of carboxylic acid groups (broad SMARTS) is 1. The van der Waals surface area contributed by atoms with E-state index in [1.165, 1.54) is 0 Å². The Morgan fingerprint density at radius 1 is 1.27 bits per heavy atom. The number of piperidine rings is 1. The van der Waals surface area contributed by atoms with Gasteiger partial charge in [-0.1, -0.05) is 20.8 Å². The van der Waals surface area contributed by atoms with Gasteiger partial charge in [-0.3, -0.25) is 14.4 Å². The van der Waals surface area contributed by atoms with Crippen molar-refractivity contribution >= 4 is 17.8 Å². The third kappa shape index (κ3) is 5.00. The van der Waals surface area contributed by atoms with Gasteiger partial charge in [-0.05, 0) is 26.2 Å². The van der Waals surface area contributed by atoms with Crippen LogP contribution in [0.4, 0.5) is 0 Å². The Balaban J connectivity index is 2.39. The van der Waals surface area contributed by atoms with Crippen molar-refractivity contribution < 1.29 is 19.5 Å². The van der Waals surface area contributed by atoms with Gasteiger partial charge in [0.25, 0.3) is 0 Å². The predicted molar refractivity (Wildman–Crippen MR) is 83.2 cm³/mol. The molecule has 2 atom stereocenters. The van der Waals surface area contributed by atoms with E-state index < -0.39 is 17.3 Å². The summed E-state index contributed by atoms with van der Waals surface area (Å²) in [6, 6.07) is -0.261. The third-order valence-corrected chi connectivity index (χ3v) is 4.16. The average Bonchev–Trinajstić information content (AvgIpc) is 2.41. The molecule has 0 radical (unpaired) electrons. The Labute approximate surface area is 132 Å². The molecule has 22 heavy (non-hydrogen) atoms. The van der Waals surface area contributed by atoms with E-state index in [1.807, 2.05) is 20.8 Å². The summed E-state index contributed by atoms with van der Waals surface area (Å²) >= 11 is 0. The van der Waals surface area contributed by atoms with Crippen molar-refractivity contribution in [1.82, 2.24) is 10.2 Å². The number of nitrogens with zero attached hydrogens (tertiary/aromatic N) is 1. The zero-order valence-corrected chi connectivity index (χ0v) is 14.0. The molecule has 1 saturated heterocycles. The molecule has 0 unspecified atom stereocenters. The van der Waals surface area contributed by atoms with Gasteiger partial charge in [0.15, 0.2) is 0 Å². The summed E-state index contributed by atoms with van der Waals surface area (Å²) in [6.45, 7) is 8.42. The number of amides is 2. The number of carbonyl (C=O) groups excluding carboxylic acids is 2. The molecule has 0 aliphatic carbocycles. The molecule has 1 heterocycles. The summed E-state index contributed by atoms with van der Waals surface area (Å²) in [5.74, 6) is -1.36. The summed E-state index contributed by atoms with van der Waals surface area (Å²) in [5.41, 5.74) is -0.430. The normalized spacial score (nSPS) is 22.3. The van der Waals surface area contributed by atoms with Crippen LogP contribution >= 0.6 is 0 Å². The van der Waals surface area contributed by atoms with E-state index >= 15 is 0 Å². The molecule has 1 fully saturated rings. The van der Waals surface area contributed by atoms with Gasteiger partial charge >= 0.3 is 5.97 Å². The predicted octanol–water partition coefficient (Wildman–Crippen LogP) is 1.64. The maximum Gasteiger partial charge on any atom is 0.308 e. The minimum Gasteiger partial charge on any atom is -0.481 e. The number of aliphatic carboxylic acids is 1. The number of nitrogens with one attached hydrogen (secondary N) is 1. The number of likely N-dealkylation sites (tertiary alicyclic amines) is 1. The zero-order chi connectivity index (χ0) is 16.9. The topological polar surface area (TPSA) is 86.7 Å². The van der Waals surface area contributed by atoms with Gasteiger partial charge < -0.3 is 15.3 Å². The van der Waals surface area contributed by atoms with E-state index in [0.717, 1.165) is 6.42 Å². The fourth-order valence-corrected chi connectivity index (χ4v) is 2.68. The zero-order valence-electron chi connectivity index (χ0n) is 14.0. The van der Waals surface area contributed by atoms with Crippen LogP contribution in [0, 0.1) is 11.3 Å². The maximum atomic E-state index is 12.2. The van der Waals surface area contributed by atoms with Crippen LogP contribution in [-0.4, -0.2) is 46.9 Å². The first-order valence-corrected chi connectivity index (χ1v) is 7.95. The molecule has 126 valence electrons. The Hall–Kier alpha value is -1.59. The van der Waals surface area contributed by atoms with E-state index in [2.05, 4.69) is 5.32 Å². The summed E-state index contributed by atoms with van der Waals surface area (Å²) in [7, 11) is 0. The van der Waals surface area contributed by atoms with Gasteiger partial charge in [0, 0.05) is 31.0 Å². The number of carbonyl (C=O) groups is 3. The number of hydrogen-bond acceptors (Lipinski definition) is 3. The second-order valence-corrected chi connectivity index (χ2v) is 7.02. The highest BCUT2D eigenvalue weighted by Gasteiger charge is 2.34. The van der Waals surface area contributed by atoms with Crippen LogP contribution in [0.25, 0.3) is 0 Å². The second kappa shape index (κ2) is 7.61. The van der Waals surface area contributed by atoms with Crippen molar-refractivity contribution in [3.05, 3.63) is 0 Å². The van der Waals surface area contributed by atoms with Crippen LogP contribution in [-0.2, 0) is 14.4 Å². The van der Waals surface area contributed by atoms with Crippen LogP contribution in [0.2, 0.25) is 0 Å². The molecule has 0 aromatic heterocycles. The van der Waals surface area contributed by atoms with E-state index in [1.54, 1.807) is 11.8 Å². The molecule has 6 nitrogen and oxygen atoms in total. The lowest BCUT2D eigenvalue weighted by molar-refractivity contribution is -0.149. The largest absolute Gasteiger partial charge is 0.481 e.